The average molecular weight is 283 g/mol. The number of fused-ring (bicyclic) bond motifs is 1. The molecule has 4 heteroatoms. The molecule has 0 amide bonds. The molecule has 106 valence electrons. The molecule has 1 heterocycles. The van der Waals surface area contributed by atoms with Gasteiger partial charge in [0.25, 0.3) is 0 Å². The van der Waals surface area contributed by atoms with Gasteiger partial charge in [-0.25, -0.2) is 0 Å². The lowest BCUT2D eigenvalue weighted by atomic mass is 10.0. The minimum absolute atomic E-state index is 0. The van der Waals surface area contributed by atoms with Crippen molar-refractivity contribution in [3.63, 3.8) is 0 Å². The summed E-state index contributed by atoms with van der Waals surface area (Å²) in [5.74, 6) is 0.905. The number of hydrogen-bond acceptors (Lipinski definition) is 2. The van der Waals surface area contributed by atoms with Gasteiger partial charge in [-0.2, -0.15) is 0 Å². The Kier molecular flexibility index (Phi) is 5.70. The van der Waals surface area contributed by atoms with Crippen molar-refractivity contribution in [2.24, 2.45) is 5.73 Å². The van der Waals surface area contributed by atoms with Crippen LogP contribution < -0.4 is 10.5 Å². The molecule has 1 aromatic carbocycles. The Morgan fingerprint density at radius 1 is 1.32 bits per heavy atom. The lowest BCUT2D eigenvalue weighted by molar-refractivity contribution is 0.415. The fourth-order valence-electron chi connectivity index (χ4n) is 2.33. The smallest absolute Gasteiger partial charge is 0.119 e. The molecular weight excluding hydrogens is 260 g/mol. The van der Waals surface area contributed by atoms with E-state index in [0.29, 0.717) is 0 Å². The SMILES string of the molecule is CCC(N)Cc1cn(CC)c2ccc(OC)cc12.Cl. The van der Waals surface area contributed by atoms with Gasteiger partial charge in [-0.3, -0.25) is 0 Å². The number of nitrogens with zero attached hydrogens (tertiary/aromatic N) is 1. The summed E-state index contributed by atoms with van der Waals surface area (Å²) in [6.07, 6.45) is 4.15. The van der Waals surface area contributed by atoms with Crippen LogP contribution in [0, 0.1) is 0 Å². The third-order valence-corrected chi connectivity index (χ3v) is 3.52. The maximum absolute atomic E-state index is 6.08. The second-order valence-corrected chi connectivity index (χ2v) is 4.70. The number of halogens is 1. The summed E-state index contributed by atoms with van der Waals surface area (Å²) < 4.78 is 7.58. The van der Waals surface area contributed by atoms with Gasteiger partial charge in [-0.05, 0) is 43.5 Å². The Labute approximate surface area is 121 Å². The van der Waals surface area contributed by atoms with E-state index >= 15 is 0 Å². The summed E-state index contributed by atoms with van der Waals surface area (Å²) in [5.41, 5.74) is 8.66. The van der Waals surface area contributed by atoms with Crippen molar-refractivity contribution in [3.05, 3.63) is 30.0 Å². The third-order valence-electron chi connectivity index (χ3n) is 3.52. The quantitative estimate of drug-likeness (QED) is 0.913. The summed E-state index contributed by atoms with van der Waals surface area (Å²) >= 11 is 0. The molecule has 0 aliphatic rings. The normalized spacial score (nSPS) is 12.2. The van der Waals surface area contributed by atoms with E-state index in [0.717, 1.165) is 25.1 Å². The van der Waals surface area contributed by atoms with Crippen LogP contribution in [-0.4, -0.2) is 17.7 Å². The zero-order chi connectivity index (χ0) is 13.1. The van der Waals surface area contributed by atoms with Gasteiger partial charge in [0.2, 0.25) is 0 Å². The van der Waals surface area contributed by atoms with Crippen molar-refractivity contribution in [3.8, 4) is 5.75 Å². The van der Waals surface area contributed by atoms with Crippen LogP contribution >= 0.6 is 12.4 Å². The van der Waals surface area contributed by atoms with Gasteiger partial charge in [-0.1, -0.05) is 6.92 Å². The fourth-order valence-corrected chi connectivity index (χ4v) is 2.33. The van der Waals surface area contributed by atoms with E-state index in [9.17, 15) is 0 Å². The van der Waals surface area contributed by atoms with Crippen molar-refractivity contribution in [2.45, 2.75) is 39.3 Å². The molecule has 0 aliphatic heterocycles. The van der Waals surface area contributed by atoms with E-state index in [1.807, 2.05) is 6.07 Å². The number of aromatic nitrogens is 1. The summed E-state index contributed by atoms with van der Waals surface area (Å²) in [7, 11) is 1.70. The molecule has 0 radical (unpaired) electrons. The zero-order valence-corrected chi connectivity index (χ0v) is 12.7. The molecular formula is C15H23ClN2O. The number of nitrogens with two attached hydrogens (primary N) is 1. The molecule has 1 unspecified atom stereocenters. The van der Waals surface area contributed by atoms with Crippen LogP contribution in [0.5, 0.6) is 5.75 Å². The number of ether oxygens (including phenoxy) is 1. The van der Waals surface area contributed by atoms with Crippen LogP contribution in [0.3, 0.4) is 0 Å². The second kappa shape index (κ2) is 6.83. The first-order chi connectivity index (χ1) is 8.69. The third kappa shape index (κ3) is 3.23. The Morgan fingerprint density at radius 2 is 2.05 bits per heavy atom. The van der Waals surface area contributed by atoms with E-state index in [-0.39, 0.29) is 18.4 Å². The number of methoxy groups -OCH3 is 1. The molecule has 19 heavy (non-hydrogen) atoms. The highest BCUT2D eigenvalue weighted by atomic mass is 35.5. The number of rotatable bonds is 5. The van der Waals surface area contributed by atoms with Gasteiger partial charge in [0.1, 0.15) is 5.75 Å². The maximum Gasteiger partial charge on any atom is 0.119 e. The fraction of sp³-hybridized carbons (Fsp3) is 0.467. The molecule has 0 fully saturated rings. The number of hydrogen-bond donors (Lipinski definition) is 1. The second-order valence-electron chi connectivity index (χ2n) is 4.70. The highest BCUT2D eigenvalue weighted by molar-refractivity contribution is 5.86. The Hall–Kier alpha value is -1.19. The monoisotopic (exact) mass is 282 g/mol. The van der Waals surface area contributed by atoms with Crippen LogP contribution in [-0.2, 0) is 13.0 Å². The minimum atomic E-state index is 0. The van der Waals surface area contributed by atoms with Crippen molar-refractivity contribution < 1.29 is 4.74 Å². The Morgan fingerprint density at radius 3 is 2.63 bits per heavy atom. The summed E-state index contributed by atoms with van der Waals surface area (Å²) in [6, 6.07) is 6.47. The molecule has 2 N–H and O–H groups in total. The Balaban J connectivity index is 0.00000180. The highest BCUT2D eigenvalue weighted by Gasteiger charge is 2.11. The molecule has 0 spiro atoms. The lowest BCUT2D eigenvalue weighted by Gasteiger charge is -2.07. The van der Waals surface area contributed by atoms with Crippen molar-refractivity contribution in [2.75, 3.05) is 7.11 Å². The van der Waals surface area contributed by atoms with E-state index in [2.05, 4.69) is 36.7 Å². The Bertz CT molecular complexity index is 536. The van der Waals surface area contributed by atoms with Gasteiger partial charge in [0.15, 0.2) is 0 Å². The van der Waals surface area contributed by atoms with Gasteiger partial charge < -0.3 is 15.0 Å². The van der Waals surface area contributed by atoms with Crippen molar-refractivity contribution in [1.29, 1.82) is 0 Å². The predicted octanol–water partition coefficient (Wildman–Crippen LogP) is 3.37. The molecule has 1 atom stereocenters. The van der Waals surface area contributed by atoms with E-state index in [4.69, 9.17) is 10.5 Å². The first-order valence-corrected chi connectivity index (χ1v) is 6.60. The summed E-state index contributed by atoms with van der Waals surface area (Å²) in [4.78, 5) is 0. The van der Waals surface area contributed by atoms with Crippen LogP contribution in [0.4, 0.5) is 0 Å². The van der Waals surface area contributed by atoms with Crippen molar-refractivity contribution >= 4 is 23.3 Å². The van der Waals surface area contributed by atoms with Crippen LogP contribution in [0.15, 0.2) is 24.4 Å². The molecule has 0 saturated carbocycles. The van der Waals surface area contributed by atoms with Gasteiger partial charge in [0, 0.05) is 29.7 Å². The standard InChI is InChI=1S/C15H22N2O.ClH/c1-4-12(16)8-11-10-17(5-2)15-7-6-13(18-3)9-14(11)15;/h6-7,9-10,12H,4-5,8,16H2,1-3H3;1H. The van der Waals surface area contributed by atoms with Crippen LogP contribution in [0.25, 0.3) is 10.9 Å². The zero-order valence-electron chi connectivity index (χ0n) is 11.8. The largest absolute Gasteiger partial charge is 0.497 e. The topological polar surface area (TPSA) is 40.2 Å². The van der Waals surface area contributed by atoms with E-state index in [1.165, 1.54) is 16.5 Å². The van der Waals surface area contributed by atoms with E-state index in [1.54, 1.807) is 7.11 Å². The number of aryl methyl sites for hydroxylation is 1. The average Bonchev–Trinajstić information content (AvgIpc) is 2.75. The highest BCUT2D eigenvalue weighted by Crippen LogP contribution is 2.27. The van der Waals surface area contributed by atoms with Crippen LogP contribution in [0.1, 0.15) is 25.8 Å². The van der Waals surface area contributed by atoms with Gasteiger partial charge in [0.05, 0.1) is 7.11 Å². The predicted molar refractivity (Wildman–Crippen MR) is 83.4 cm³/mol. The minimum Gasteiger partial charge on any atom is -0.497 e. The molecule has 3 nitrogen and oxygen atoms in total. The molecule has 2 aromatic rings. The number of benzene rings is 1. The molecule has 0 bridgehead atoms. The lowest BCUT2D eigenvalue weighted by Crippen LogP contribution is -2.21. The molecule has 2 rings (SSSR count). The first-order valence-electron chi connectivity index (χ1n) is 6.60. The van der Waals surface area contributed by atoms with E-state index < -0.39 is 0 Å². The van der Waals surface area contributed by atoms with Crippen molar-refractivity contribution in [1.82, 2.24) is 4.57 Å². The molecule has 0 aliphatic carbocycles. The molecule has 1 aromatic heterocycles. The molecule has 0 saturated heterocycles. The first kappa shape index (κ1) is 15.9. The van der Waals surface area contributed by atoms with Crippen LogP contribution in [0.2, 0.25) is 0 Å². The van der Waals surface area contributed by atoms with Gasteiger partial charge >= 0.3 is 0 Å². The maximum atomic E-state index is 6.08. The van der Waals surface area contributed by atoms with Gasteiger partial charge in [-0.15, -0.1) is 12.4 Å². The summed E-state index contributed by atoms with van der Waals surface area (Å²) in [5, 5.41) is 1.26. The summed E-state index contributed by atoms with van der Waals surface area (Å²) in [6.45, 7) is 5.27.